The maximum atomic E-state index is 12.4. The van der Waals surface area contributed by atoms with Crippen LogP contribution in [0.1, 0.15) is 40.9 Å². The molecule has 4 rings (SSSR count). The molecule has 1 aliphatic rings. The highest BCUT2D eigenvalue weighted by molar-refractivity contribution is 7.99. The van der Waals surface area contributed by atoms with Crippen LogP contribution < -0.4 is 10.1 Å². The van der Waals surface area contributed by atoms with Crippen molar-refractivity contribution < 1.29 is 9.53 Å². The van der Waals surface area contributed by atoms with Crippen LogP contribution in [0.25, 0.3) is 0 Å². The summed E-state index contributed by atoms with van der Waals surface area (Å²) in [6, 6.07) is 12.0. The molecule has 1 amide bonds. The lowest BCUT2D eigenvalue weighted by atomic mass is 9.88. The Bertz CT molecular complexity index is 1140. The van der Waals surface area contributed by atoms with Crippen LogP contribution in [-0.2, 0) is 30.8 Å². The van der Waals surface area contributed by atoms with Gasteiger partial charge in [-0.1, -0.05) is 41.6 Å². The maximum absolute atomic E-state index is 12.4. The van der Waals surface area contributed by atoms with Crippen LogP contribution in [-0.4, -0.2) is 26.4 Å². The Kier molecular flexibility index (Phi) is 7.50. The van der Waals surface area contributed by atoms with Gasteiger partial charge in [0, 0.05) is 12.2 Å². The first-order valence-electron chi connectivity index (χ1n) is 11.3. The highest BCUT2D eigenvalue weighted by atomic mass is 32.2. The molecule has 6 nitrogen and oxygen atoms in total. The van der Waals surface area contributed by atoms with Crippen LogP contribution in [0, 0.1) is 13.8 Å². The monoisotopic (exact) mass is 462 g/mol. The third-order valence-electron chi connectivity index (χ3n) is 5.90. The Morgan fingerprint density at radius 2 is 1.94 bits per heavy atom. The fourth-order valence-corrected chi connectivity index (χ4v) is 4.87. The van der Waals surface area contributed by atoms with E-state index >= 15 is 0 Å². The van der Waals surface area contributed by atoms with Gasteiger partial charge in [0.15, 0.2) is 11.0 Å². The molecule has 1 aromatic heterocycles. The molecule has 0 fully saturated rings. The highest BCUT2D eigenvalue weighted by Crippen LogP contribution is 2.31. The molecule has 1 aliphatic carbocycles. The van der Waals surface area contributed by atoms with Crippen LogP contribution in [0.15, 0.2) is 54.2 Å². The first kappa shape index (κ1) is 23.1. The van der Waals surface area contributed by atoms with Gasteiger partial charge in [-0.25, -0.2) is 0 Å². The van der Waals surface area contributed by atoms with Gasteiger partial charge < -0.3 is 10.1 Å². The van der Waals surface area contributed by atoms with Gasteiger partial charge in [0.2, 0.25) is 5.91 Å². The molecule has 0 spiro atoms. The fourth-order valence-electron chi connectivity index (χ4n) is 4.10. The van der Waals surface area contributed by atoms with Crippen molar-refractivity contribution in [3.8, 4) is 5.75 Å². The summed E-state index contributed by atoms with van der Waals surface area (Å²) >= 11 is 1.36. The summed E-state index contributed by atoms with van der Waals surface area (Å²) in [6.07, 6.45) is 6.58. The lowest BCUT2D eigenvalue weighted by Crippen LogP contribution is -2.15. The summed E-state index contributed by atoms with van der Waals surface area (Å²) < 4.78 is 8.11. The van der Waals surface area contributed by atoms with Gasteiger partial charge in [-0.05, 0) is 74.4 Å². The van der Waals surface area contributed by atoms with E-state index in [0.29, 0.717) is 24.1 Å². The minimum atomic E-state index is -0.0838. The number of hydrogen-bond acceptors (Lipinski definition) is 5. The molecule has 0 saturated heterocycles. The molecule has 2 aromatic carbocycles. The number of aromatic nitrogens is 3. The third-order valence-corrected chi connectivity index (χ3v) is 6.87. The molecule has 0 saturated carbocycles. The standard InChI is InChI=1S/C26H30N4O2S/c1-4-15-30-24(16-32-23-14-11-20-7-5-6-8-22(20)19(23)3)28-29-26(30)33-17-25(31)27-21-12-9-18(2)10-13-21/h4,9-14H,1,5-8,15-17H2,2-3H3,(H,27,31). The molecular formula is C26H30N4O2S. The van der Waals surface area contributed by atoms with Crippen LogP contribution >= 0.6 is 11.8 Å². The molecule has 3 aromatic rings. The number of hydrogen-bond donors (Lipinski definition) is 1. The topological polar surface area (TPSA) is 69.0 Å². The minimum absolute atomic E-state index is 0.0838. The Hall–Kier alpha value is -3.06. The number of carbonyl (C=O) groups excluding carboxylic acids is 1. The number of nitrogens with one attached hydrogen (secondary N) is 1. The van der Waals surface area contributed by atoms with E-state index in [1.807, 2.05) is 35.8 Å². The van der Waals surface area contributed by atoms with Gasteiger partial charge in [-0.2, -0.15) is 0 Å². The van der Waals surface area contributed by atoms with Gasteiger partial charge in [0.25, 0.3) is 0 Å². The van der Waals surface area contributed by atoms with E-state index in [1.165, 1.54) is 41.3 Å². The minimum Gasteiger partial charge on any atom is -0.485 e. The number of allylic oxidation sites excluding steroid dienone is 1. The number of anilines is 1. The highest BCUT2D eigenvalue weighted by Gasteiger charge is 2.17. The molecule has 0 bridgehead atoms. The predicted octanol–water partition coefficient (Wildman–Crippen LogP) is 5.27. The first-order valence-corrected chi connectivity index (χ1v) is 12.3. The number of amides is 1. The number of aryl methyl sites for hydroxylation is 2. The van der Waals surface area contributed by atoms with Gasteiger partial charge in [-0.3, -0.25) is 9.36 Å². The Balaban J connectivity index is 1.39. The second-order valence-corrected chi connectivity index (χ2v) is 9.27. The smallest absolute Gasteiger partial charge is 0.234 e. The number of fused-ring (bicyclic) bond motifs is 1. The van der Waals surface area contributed by atoms with E-state index in [-0.39, 0.29) is 11.7 Å². The van der Waals surface area contributed by atoms with Crippen LogP contribution in [0.3, 0.4) is 0 Å². The summed E-state index contributed by atoms with van der Waals surface area (Å²) in [5.41, 5.74) is 6.04. The number of thioether (sulfide) groups is 1. The average Bonchev–Trinajstić information content (AvgIpc) is 3.21. The Labute approximate surface area is 199 Å². The van der Waals surface area contributed by atoms with Crippen LogP contribution in [0.5, 0.6) is 5.75 Å². The number of ether oxygens (including phenoxy) is 1. The zero-order valence-electron chi connectivity index (χ0n) is 19.3. The van der Waals surface area contributed by atoms with Crippen molar-refractivity contribution in [1.82, 2.24) is 14.8 Å². The molecule has 0 radical (unpaired) electrons. The van der Waals surface area contributed by atoms with Crippen molar-refractivity contribution >= 4 is 23.4 Å². The second kappa shape index (κ2) is 10.7. The molecule has 0 atom stereocenters. The summed E-state index contributed by atoms with van der Waals surface area (Å²) in [4.78, 5) is 12.4. The number of carbonyl (C=O) groups is 1. The van der Waals surface area contributed by atoms with Gasteiger partial charge in [0.1, 0.15) is 12.4 Å². The molecule has 0 aliphatic heterocycles. The third kappa shape index (κ3) is 5.66. The first-order chi connectivity index (χ1) is 16.0. The number of rotatable bonds is 9. The van der Waals surface area contributed by atoms with Crippen molar-refractivity contribution in [2.45, 2.75) is 57.8 Å². The van der Waals surface area contributed by atoms with E-state index in [4.69, 9.17) is 4.74 Å². The van der Waals surface area contributed by atoms with Crippen molar-refractivity contribution in [3.63, 3.8) is 0 Å². The molecule has 33 heavy (non-hydrogen) atoms. The number of nitrogens with zero attached hydrogens (tertiary/aromatic N) is 3. The second-order valence-electron chi connectivity index (χ2n) is 8.32. The summed E-state index contributed by atoms with van der Waals surface area (Å²) in [7, 11) is 0. The summed E-state index contributed by atoms with van der Waals surface area (Å²) in [5, 5.41) is 12.2. The zero-order chi connectivity index (χ0) is 23.2. The van der Waals surface area contributed by atoms with Crippen LogP contribution in [0.2, 0.25) is 0 Å². The lowest BCUT2D eigenvalue weighted by Gasteiger charge is -2.20. The normalized spacial score (nSPS) is 12.8. The van der Waals surface area contributed by atoms with Crippen molar-refractivity contribution in [3.05, 3.63) is 77.1 Å². The maximum Gasteiger partial charge on any atom is 0.234 e. The van der Waals surface area contributed by atoms with Gasteiger partial charge in [-0.15, -0.1) is 16.8 Å². The summed E-state index contributed by atoms with van der Waals surface area (Å²) in [6.45, 7) is 8.88. The van der Waals surface area contributed by atoms with Crippen LogP contribution in [0.4, 0.5) is 5.69 Å². The van der Waals surface area contributed by atoms with E-state index in [0.717, 1.165) is 29.8 Å². The zero-order valence-corrected chi connectivity index (χ0v) is 20.1. The molecular weight excluding hydrogens is 432 g/mol. The lowest BCUT2D eigenvalue weighted by molar-refractivity contribution is -0.113. The van der Waals surface area contributed by atoms with E-state index in [9.17, 15) is 4.79 Å². The molecule has 1 N–H and O–H groups in total. The van der Waals surface area contributed by atoms with Gasteiger partial charge in [0.05, 0.1) is 5.75 Å². The van der Waals surface area contributed by atoms with E-state index in [2.05, 4.69) is 41.1 Å². The fraction of sp³-hybridized carbons (Fsp3) is 0.346. The quantitative estimate of drug-likeness (QED) is 0.347. The molecule has 7 heteroatoms. The molecule has 0 unspecified atom stereocenters. The average molecular weight is 463 g/mol. The Morgan fingerprint density at radius 3 is 2.73 bits per heavy atom. The van der Waals surface area contributed by atoms with Gasteiger partial charge >= 0.3 is 0 Å². The molecule has 172 valence electrons. The van der Waals surface area contributed by atoms with Crippen molar-refractivity contribution in [1.29, 1.82) is 0 Å². The molecule has 1 heterocycles. The SMILES string of the molecule is C=CCn1c(COc2ccc3c(c2C)CCCC3)nnc1SCC(=O)Nc1ccc(C)cc1. The summed E-state index contributed by atoms with van der Waals surface area (Å²) in [5.74, 6) is 1.77. The largest absolute Gasteiger partial charge is 0.485 e. The van der Waals surface area contributed by atoms with E-state index < -0.39 is 0 Å². The number of benzene rings is 2. The Morgan fingerprint density at radius 1 is 1.15 bits per heavy atom. The van der Waals surface area contributed by atoms with E-state index in [1.54, 1.807) is 6.08 Å². The van der Waals surface area contributed by atoms with Crippen molar-refractivity contribution in [2.75, 3.05) is 11.1 Å². The van der Waals surface area contributed by atoms with Crippen molar-refractivity contribution in [2.24, 2.45) is 0 Å². The predicted molar refractivity (Wildman–Crippen MR) is 133 cm³/mol.